The molecular weight excluding hydrogens is 406 g/mol. The maximum absolute atomic E-state index is 12.2. The number of aliphatic hydroxyl groups is 1. The van der Waals surface area contributed by atoms with Gasteiger partial charge in [0.2, 0.25) is 11.9 Å². The van der Waals surface area contributed by atoms with Crippen LogP contribution in [0.15, 0.2) is 48.7 Å². The minimum Gasteiger partial charge on any atom is -0.495 e. The van der Waals surface area contributed by atoms with Gasteiger partial charge in [0, 0.05) is 42.2 Å². The Hall–Kier alpha value is -3.65. The SMILES string of the molecule is COc1cc(Nc2ncc3c(n2)-c2ccccc2NC(=O)C3)ccc1N1CCC(O)CC1. The van der Waals surface area contributed by atoms with Gasteiger partial charge < -0.3 is 25.4 Å². The van der Waals surface area contributed by atoms with Crippen LogP contribution in [0.25, 0.3) is 11.3 Å². The number of para-hydroxylation sites is 1. The van der Waals surface area contributed by atoms with Gasteiger partial charge in [-0.25, -0.2) is 9.97 Å². The van der Waals surface area contributed by atoms with Crippen molar-refractivity contribution in [3.05, 3.63) is 54.2 Å². The van der Waals surface area contributed by atoms with Crippen molar-refractivity contribution in [3.63, 3.8) is 0 Å². The van der Waals surface area contributed by atoms with Crippen LogP contribution in [0.5, 0.6) is 5.75 Å². The average Bonchev–Trinajstić information content (AvgIpc) is 2.95. The van der Waals surface area contributed by atoms with Gasteiger partial charge in [-0.2, -0.15) is 0 Å². The highest BCUT2D eigenvalue weighted by Crippen LogP contribution is 2.35. The van der Waals surface area contributed by atoms with Crippen molar-refractivity contribution in [2.45, 2.75) is 25.4 Å². The van der Waals surface area contributed by atoms with E-state index in [9.17, 15) is 9.90 Å². The van der Waals surface area contributed by atoms with Gasteiger partial charge in [0.1, 0.15) is 5.75 Å². The topological polar surface area (TPSA) is 99.6 Å². The number of rotatable bonds is 4. The number of hydrogen-bond donors (Lipinski definition) is 3. The van der Waals surface area contributed by atoms with E-state index in [2.05, 4.69) is 20.5 Å². The van der Waals surface area contributed by atoms with Crippen molar-refractivity contribution in [1.29, 1.82) is 0 Å². The second-order valence-electron chi connectivity index (χ2n) is 8.07. The standard InChI is InChI=1S/C24H25N5O3/c1-32-21-13-16(6-7-20(21)29-10-8-17(30)9-11-29)26-24-25-14-15-12-22(31)27-19-5-3-2-4-18(19)23(15)28-24/h2-7,13-14,17,30H,8-12H2,1H3,(H,27,31)(H,25,26,28). The molecule has 32 heavy (non-hydrogen) atoms. The molecule has 0 bridgehead atoms. The second-order valence-corrected chi connectivity index (χ2v) is 8.07. The molecule has 8 heteroatoms. The zero-order chi connectivity index (χ0) is 22.1. The minimum absolute atomic E-state index is 0.0777. The molecule has 0 unspecified atom stereocenters. The number of nitrogens with one attached hydrogen (secondary N) is 2. The first kappa shape index (κ1) is 20.3. The lowest BCUT2D eigenvalue weighted by atomic mass is 10.1. The van der Waals surface area contributed by atoms with E-state index in [1.165, 1.54) is 0 Å². The number of aromatic nitrogens is 2. The molecule has 1 fully saturated rings. The Morgan fingerprint density at radius 1 is 1.19 bits per heavy atom. The first-order valence-corrected chi connectivity index (χ1v) is 10.7. The Labute approximate surface area is 186 Å². The summed E-state index contributed by atoms with van der Waals surface area (Å²) in [5, 5.41) is 16.0. The number of fused-ring (bicyclic) bond motifs is 3. The number of piperidine rings is 1. The van der Waals surface area contributed by atoms with Crippen LogP contribution in [0.2, 0.25) is 0 Å². The van der Waals surface area contributed by atoms with E-state index >= 15 is 0 Å². The fourth-order valence-corrected chi connectivity index (χ4v) is 4.25. The van der Waals surface area contributed by atoms with Crippen LogP contribution in [0.3, 0.4) is 0 Å². The third kappa shape index (κ3) is 3.97. The average molecular weight is 431 g/mol. The molecular formula is C24H25N5O3. The van der Waals surface area contributed by atoms with E-state index in [4.69, 9.17) is 9.72 Å². The number of benzene rings is 2. The van der Waals surface area contributed by atoms with Crippen molar-refractivity contribution < 1.29 is 14.6 Å². The molecule has 2 aliphatic rings. The van der Waals surface area contributed by atoms with E-state index in [1.807, 2.05) is 42.5 Å². The smallest absolute Gasteiger partial charge is 0.228 e. The Morgan fingerprint density at radius 2 is 2.00 bits per heavy atom. The van der Waals surface area contributed by atoms with Gasteiger partial charge >= 0.3 is 0 Å². The van der Waals surface area contributed by atoms with Crippen molar-refractivity contribution in [2.24, 2.45) is 0 Å². The van der Waals surface area contributed by atoms with Gasteiger partial charge in [0.15, 0.2) is 0 Å². The third-order valence-corrected chi connectivity index (χ3v) is 5.91. The number of anilines is 4. The number of aliphatic hydroxyl groups excluding tert-OH is 1. The van der Waals surface area contributed by atoms with Gasteiger partial charge in [-0.15, -0.1) is 0 Å². The highest BCUT2D eigenvalue weighted by Gasteiger charge is 2.22. The van der Waals surface area contributed by atoms with E-state index in [-0.39, 0.29) is 18.4 Å². The van der Waals surface area contributed by atoms with Crippen LogP contribution in [0, 0.1) is 0 Å². The lowest BCUT2D eigenvalue weighted by Gasteiger charge is -2.32. The molecule has 2 aromatic carbocycles. The summed E-state index contributed by atoms with van der Waals surface area (Å²) < 4.78 is 5.64. The van der Waals surface area contributed by atoms with Gasteiger partial charge in [-0.1, -0.05) is 18.2 Å². The Morgan fingerprint density at radius 3 is 2.81 bits per heavy atom. The number of hydrogen-bond acceptors (Lipinski definition) is 7. The zero-order valence-corrected chi connectivity index (χ0v) is 17.8. The number of carbonyl (C=O) groups excluding carboxylic acids is 1. The Bertz CT molecular complexity index is 1160. The van der Waals surface area contributed by atoms with E-state index < -0.39 is 0 Å². The predicted octanol–water partition coefficient (Wildman–Crippen LogP) is 3.35. The predicted molar refractivity (Wildman–Crippen MR) is 124 cm³/mol. The molecule has 3 N–H and O–H groups in total. The normalized spacial score (nSPS) is 15.9. The summed E-state index contributed by atoms with van der Waals surface area (Å²) >= 11 is 0. The molecule has 3 aromatic rings. The molecule has 0 radical (unpaired) electrons. The Balaban J connectivity index is 1.43. The molecule has 1 aromatic heterocycles. The van der Waals surface area contributed by atoms with Gasteiger partial charge in [-0.05, 0) is 31.0 Å². The maximum atomic E-state index is 12.2. The largest absolute Gasteiger partial charge is 0.495 e. The van der Waals surface area contributed by atoms with Crippen LogP contribution in [-0.2, 0) is 11.2 Å². The summed E-state index contributed by atoms with van der Waals surface area (Å²) in [4.78, 5) is 23.6. The summed E-state index contributed by atoms with van der Waals surface area (Å²) in [5.41, 5.74) is 4.97. The van der Waals surface area contributed by atoms with Crippen LogP contribution < -0.4 is 20.3 Å². The number of ether oxygens (including phenoxy) is 1. The van der Waals surface area contributed by atoms with E-state index in [1.54, 1.807) is 13.3 Å². The van der Waals surface area contributed by atoms with Crippen molar-refractivity contribution in [1.82, 2.24) is 9.97 Å². The molecule has 164 valence electrons. The number of methoxy groups -OCH3 is 1. The molecule has 5 rings (SSSR count). The van der Waals surface area contributed by atoms with Crippen molar-refractivity contribution >= 4 is 28.9 Å². The maximum Gasteiger partial charge on any atom is 0.228 e. The molecule has 0 atom stereocenters. The third-order valence-electron chi connectivity index (χ3n) is 5.91. The van der Waals surface area contributed by atoms with Crippen LogP contribution in [0.4, 0.5) is 23.0 Å². The first-order chi connectivity index (χ1) is 15.6. The van der Waals surface area contributed by atoms with E-state index in [0.717, 1.165) is 65.6 Å². The monoisotopic (exact) mass is 431 g/mol. The van der Waals surface area contributed by atoms with Gasteiger partial charge in [0.25, 0.3) is 0 Å². The summed E-state index contributed by atoms with van der Waals surface area (Å²) in [6.07, 6.45) is 3.23. The molecule has 1 amide bonds. The fourth-order valence-electron chi connectivity index (χ4n) is 4.25. The van der Waals surface area contributed by atoms with Crippen LogP contribution >= 0.6 is 0 Å². The van der Waals surface area contributed by atoms with Crippen molar-refractivity contribution in [2.75, 3.05) is 35.7 Å². The molecule has 0 spiro atoms. The fraction of sp³-hybridized carbons (Fsp3) is 0.292. The van der Waals surface area contributed by atoms with Crippen LogP contribution in [0.1, 0.15) is 18.4 Å². The van der Waals surface area contributed by atoms with Crippen LogP contribution in [-0.4, -0.2) is 47.3 Å². The lowest BCUT2D eigenvalue weighted by Crippen LogP contribution is -2.35. The molecule has 8 nitrogen and oxygen atoms in total. The summed E-state index contributed by atoms with van der Waals surface area (Å²) in [7, 11) is 1.65. The minimum atomic E-state index is -0.223. The van der Waals surface area contributed by atoms with Gasteiger partial charge in [-0.3, -0.25) is 4.79 Å². The molecule has 2 aliphatic heterocycles. The lowest BCUT2D eigenvalue weighted by molar-refractivity contribution is -0.115. The molecule has 1 saturated heterocycles. The highest BCUT2D eigenvalue weighted by atomic mass is 16.5. The van der Waals surface area contributed by atoms with Crippen molar-refractivity contribution in [3.8, 4) is 17.0 Å². The van der Waals surface area contributed by atoms with E-state index in [0.29, 0.717) is 5.95 Å². The summed E-state index contributed by atoms with van der Waals surface area (Å²) in [6.45, 7) is 1.59. The highest BCUT2D eigenvalue weighted by molar-refractivity contribution is 5.99. The quantitative estimate of drug-likeness (QED) is 0.583. The zero-order valence-electron chi connectivity index (χ0n) is 17.8. The number of carbonyl (C=O) groups is 1. The second kappa shape index (κ2) is 8.47. The molecule has 3 heterocycles. The Kier molecular flexibility index (Phi) is 5.36. The van der Waals surface area contributed by atoms with Gasteiger partial charge in [0.05, 0.1) is 36.7 Å². The summed E-state index contributed by atoms with van der Waals surface area (Å²) in [5.74, 6) is 1.12. The number of amides is 1. The summed E-state index contributed by atoms with van der Waals surface area (Å²) in [6, 6.07) is 13.6. The molecule has 0 saturated carbocycles. The number of nitrogens with zero attached hydrogens (tertiary/aromatic N) is 3. The first-order valence-electron chi connectivity index (χ1n) is 10.7. The molecule has 0 aliphatic carbocycles.